The number of thiophene rings is 1. The minimum atomic E-state index is 0.827. The zero-order valence-corrected chi connectivity index (χ0v) is 13.5. The zero-order valence-electron chi connectivity index (χ0n) is 12.6. The molecule has 3 heteroatoms. The molecular formula is C17H24N2S. The van der Waals surface area contributed by atoms with Gasteiger partial charge in [-0.05, 0) is 35.9 Å². The third-order valence-electron chi connectivity index (χ3n) is 4.56. The van der Waals surface area contributed by atoms with Crippen LogP contribution in [0.4, 0.5) is 0 Å². The van der Waals surface area contributed by atoms with Crippen molar-refractivity contribution in [3.63, 3.8) is 0 Å². The van der Waals surface area contributed by atoms with Crippen molar-refractivity contribution in [1.29, 1.82) is 0 Å². The van der Waals surface area contributed by atoms with Crippen molar-refractivity contribution in [2.24, 2.45) is 11.8 Å². The van der Waals surface area contributed by atoms with Gasteiger partial charge in [-0.3, -0.25) is 4.90 Å². The van der Waals surface area contributed by atoms with Crippen LogP contribution in [-0.2, 0) is 13.1 Å². The predicted octanol–water partition coefficient (Wildman–Crippen LogP) is 3.71. The van der Waals surface area contributed by atoms with E-state index >= 15 is 0 Å². The minimum absolute atomic E-state index is 0.827. The molecule has 3 rings (SSSR count). The molecule has 0 spiro atoms. The number of nitrogens with zero attached hydrogens (tertiary/aromatic N) is 1. The Morgan fingerprint density at radius 3 is 2.60 bits per heavy atom. The first-order valence-electron chi connectivity index (χ1n) is 7.55. The summed E-state index contributed by atoms with van der Waals surface area (Å²) in [5.41, 5.74) is 1.54. The van der Waals surface area contributed by atoms with Crippen LogP contribution in [0.1, 0.15) is 24.3 Å². The Balaban J connectivity index is 1.91. The molecule has 0 bridgehead atoms. The average Bonchev–Trinajstić information content (AvgIpc) is 2.93. The Bertz CT molecular complexity index is 580. The second-order valence-corrected chi connectivity index (χ2v) is 7.32. The fourth-order valence-corrected chi connectivity index (χ4v) is 4.46. The summed E-state index contributed by atoms with van der Waals surface area (Å²) in [7, 11) is 2.04. The van der Waals surface area contributed by atoms with Crippen molar-refractivity contribution in [1.82, 2.24) is 10.2 Å². The summed E-state index contributed by atoms with van der Waals surface area (Å²) in [6.45, 7) is 9.33. The molecule has 1 aliphatic rings. The lowest BCUT2D eigenvalue weighted by Crippen LogP contribution is -2.21. The molecule has 0 amide bonds. The normalized spacial score (nSPS) is 23.8. The van der Waals surface area contributed by atoms with Gasteiger partial charge in [-0.25, -0.2) is 0 Å². The van der Waals surface area contributed by atoms with E-state index in [1.807, 2.05) is 18.4 Å². The van der Waals surface area contributed by atoms with Gasteiger partial charge in [0.15, 0.2) is 0 Å². The first-order chi connectivity index (χ1) is 9.69. The van der Waals surface area contributed by atoms with Gasteiger partial charge >= 0.3 is 0 Å². The Morgan fingerprint density at radius 1 is 1.20 bits per heavy atom. The molecule has 0 radical (unpaired) electrons. The molecule has 1 aromatic carbocycles. The first-order valence-corrected chi connectivity index (χ1v) is 8.37. The number of hydrogen-bond donors (Lipinski definition) is 1. The van der Waals surface area contributed by atoms with E-state index in [2.05, 4.69) is 48.3 Å². The van der Waals surface area contributed by atoms with E-state index in [-0.39, 0.29) is 0 Å². The summed E-state index contributed by atoms with van der Waals surface area (Å²) in [6.07, 6.45) is 0. The third-order valence-corrected chi connectivity index (χ3v) is 5.78. The molecule has 2 unspecified atom stereocenters. The highest BCUT2D eigenvalue weighted by Crippen LogP contribution is 2.34. The SMILES string of the molecule is CNCc1sc2ccccc2c1CN1CC(C)C(C)C1. The standard InChI is InChI=1S/C17H24N2S/c1-12-9-19(10-13(12)2)11-15-14-6-4-5-7-16(14)20-17(15)8-18-3/h4-7,12-13,18H,8-11H2,1-3H3. The Kier molecular flexibility index (Phi) is 4.11. The maximum absolute atomic E-state index is 3.32. The molecular weight excluding hydrogens is 264 g/mol. The van der Waals surface area contributed by atoms with Gasteiger partial charge in [0.2, 0.25) is 0 Å². The molecule has 1 N–H and O–H groups in total. The van der Waals surface area contributed by atoms with E-state index in [1.165, 1.54) is 28.1 Å². The predicted molar refractivity (Wildman–Crippen MR) is 88.2 cm³/mol. The van der Waals surface area contributed by atoms with Crippen LogP contribution in [0.15, 0.2) is 24.3 Å². The molecule has 0 aliphatic carbocycles. The molecule has 108 valence electrons. The van der Waals surface area contributed by atoms with E-state index < -0.39 is 0 Å². The molecule has 0 saturated carbocycles. The number of likely N-dealkylation sites (tertiary alicyclic amines) is 1. The van der Waals surface area contributed by atoms with Gasteiger partial charge in [-0.15, -0.1) is 11.3 Å². The minimum Gasteiger partial charge on any atom is -0.315 e. The first kappa shape index (κ1) is 14.1. The van der Waals surface area contributed by atoms with Crippen molar-refractivity contribution in [2.75, 3.05) is 20.1 Å². The summed E-state index contributed by atoms with van der Waals surface area (Å²) >= 11 is 1.94. The van der Waals surface area contributed by atoms with Gasteiger partial charge in [0.25, 0.3) is 0 Å². The summed E-state index contributed by atoms with van der Waals surface area (Å²) in [5, 5.41) is 4.77. The number of fused-ring (bicyclic) bond motifs is 1. The van der Waals surface area contributed by atoms with Crippen LogP contribution in [0, 0.1) is 11.8 Å². The second kappa shape index (κ2) is 5.84. The highest BCUT2D eigenvalue weighted by atomic mass is 32.1. The van der Waals surface area contributed by atoms with Crippen LogP contribution in [0.3, 0.4) is 0 Å². The van der Waals surface area contributed by atoms with Crippen LogP contribution in [0.2, 0.25) is 0 Å². The van der Waals surface area contributed by atoms with E-state index in [9.17, 15) is 0 Å². The van der Waals surface area contributed by atoms with Crippen LogP contribution in [0.25, 0.3) is 10.1 Å². The molecule has 2 heterocycles. The zero-order chi connectivity index (χ0) is 14.1. The van der Waals surface area contributed by atoms with Gasteiger partial charge in [0, 0.05) is 35.8 Å². The molecule has 1 aromatic heterocycles. The van der Waals surface area contributed by atoms with Gasteiger partial charge in [-0.1, -0.05) is 32.0 Å². The molecule has 2 aromatic rings. The smallest absolute Gasteiger partial charge is 0.0349 e. The van der Waals surface area contributed by atoms with E-state index in [1.54, 1.807) is 5.56 Å². The van der Waals surface area contributed by atoms with E-state index in [0.717, 1.165) is 24.9 Å². The van der Waals surface area contributed by atoms with Crippen molar-refractivity contribution in [3.05, 3.63) is 34.7 Å². The van der Waals surface area contributed by atoms with Gasteiger partial charge in [0.1, 0.15) is 0 Å². The topological polar surface area (TPSA) is 15.3 Å². The summed E-state index contributed by atoms with van der Waals surface area (Å²) in [4.78, 5) is 4.13. The Hall–Kier alpha value is -0.900. The largest absolute Gasteiger partial charge is 0.315 e. The number of nitrogens with one attached hydrogen (secondary N) is 1. The van der Waals surface area contributed by atoms with Crippen molar-refractivity contribution in [3.8, 4) is 0 Å². The van der Waals surface area contributed by atoms with E-state index in [4.69, 9.17) is 0 Å². The van der Waals surface area contributed by atoms with Gasteiger partial charge < -0.3 is 5.32 Å². The molecule has 1 aliphatic heterocycles. The van der Waals surface area contributed by atoms with Crippen molar-refractivity contribution >= 4 is 21.4 Å². The van der Waals surface area contributed by atoms with Crippen LogP contribution < -0.4 is 5.32 Å². The fourth-order valence-electron chi connectivity index (χ4n) is 3.23. The number of rotatable bonds is 4. The molecule has 1 saturated heterocycles. The average molecular weight is 288 g/mol. The highest BCUT2D eigenvalue weighted by Gasteiger charge is 2.27. The maximum Gasteiger partial charge on any atom is 0.0349 e. The molecule has 2 atom stereocenters. The molecule has 1 fully saturated rings. The van der Waals surface area contributed by atoms with Gasteiger partial charge in [0.05, 0.1) is 0 Å². The highest BCUT2D eigenvalue weighted by molar-refractivity contribution is 7.19. The Labute approximate surface area is 125 Å². The third kappa shape index (κ3) is 2.62. The quantitative estimate of drug-likeness (QED) is 0.922. The fraction of sp³-hybridized carbons (Fsp3) is 0.529. The lowest BCUT2D eigenvalue weighted by atomic mass is 10.0. The van der Waals surface area contributed by atoms with Crippen LogP contribution in [-0.4, -0.2) is 25.0 Å². The van der Waals surface area contributed by atoms with Gasteiger partial charge in [-0.2, -0.15) is 0 Å². The van der Waals surface area contributed by atoms with Crippen molar-refractivity contribution < 1.29 is 0 Å². The van der Waals surface area contributed by atoms with Crippen LogP contribution in [0.5, 0.6) is 0 Å². The van der Waals surface area contributed by atoms with E-state index in [0.29, 0.717) is 0 Å². The number of benzene rings is 1. The lowest BCUT2D eigenvalue weighted by molar-refractivity contribution is 0.316. The van der Waals surface area contributed by atoms with Crippen molar-refractivity contribution in [2.45, 2.75) is 26.9 Å². The molecule has 20 heavy (non-hydrogen) atoms. The maximum atomic E-state index is 3.32. The monoisotopic (exact) mass is 288 g/mol. The number of hydrogen-bond acceptors (Lipinski definition) is 3. The lowest BCUT2D eigenvalue weighted by Gasteiger charge is -2.16. The second-order valence-electron chi connectivity index (χ2n) is 6.18. The Morgan fingerprint density at radius 2 is 1.90 bits per heavy atom. The van der Waals surface area contributed by atoms with Crippen LogP contribution >= 0.6 is 11.3 Å². The summed E-state index contributed by atoms with van der Waals surface area (Å²) in [5.74, 6) is 1.65. The summed E-state index contributed by atoms with van der Waals surface area (Å²) < 4.78 is 1.42. The summed E-state index contributed by atoms with van der Waals surface area (Å²) in [6, 6.07) is 8.84. The molecule has 2 nitrogen and oxygen atoms in total.